The Morgan fingerprint density at radius 2 is 1.79 bits per heavy atom. The summed E-state index contributed by atoms with van der Waals surface area (Å²) in [5.74, 6) is 2.16. The molecule has 2 aliphatic rings. The molecule has 0 N–H and O–H groups in total. The van der Waals surface area contributed by atoms with Crippen LogP contribution >= 0.6 is 0 Å². The van der Waals surface area contributed by atoms with Crippen LogP contribution in [0.15, 0.2) is 36.4 Å². The highest BCUT2D eigenvalue weighted by atomic mass is 19.1. The van der Waals surface area contributed by atoms with Crippen LogP contribution in [0.2, 0.25) is 0 Å². The van der Waals surface area contributed by atoms with Gasteiger partial charge in [0, 0.05) is 5.39 Å². The summed E-state index contributed by atoms with van der Waals surface area (Å²) in [7, 11) is 0. The van der Waals surface area contributed by atoms with Gasteiger partial charge in [0.15, 0.2) is 11.6 Å². The number of unbranched alkanes of at least 4 members (excludes halogenated alkanes) is 3. The molecule has 2 fully saturated rings. The molecule has 1 nitrogen and oxygen atoms in total. The minimum absolute atomic E-state index is 0.180. The van der Waals surface area contributed by atoms with E-state index in [-0.39, 0.29) is 17.5 Å². The Morgan fingerprint density at radius 3 is 2.61 bits per heavy atom. The van der Waals surface area contributed by atoms with Crippen LogP contribution < -0.4 is 4.74 Å². The Hall–Kier alpha value is -1.90. The molecule has 3 heteroatoms. The smallest absolute Gasteiger partial charge is 0.165 e. The number of ether oxygens (including phenoxy) is 1. The highest BCUT2D eigenvalue weighted by Gasteiger charge is 2.36. The highest BCUT2D eigenvalue weighted by Crippen LogP contribution is 2.49. The molecule has 4 atom stereocenters. The first-order chi connectivity index (χ1) is 16.1. The number of benzene rings is 2. The Kier molecular flexibility index (Phi) is 8.44. The van der Waals surface area contributed by atoms with E-state index in [1.165, 1.54) is 63.9 Å². The van der Waals surface area contributed by atoms with Gasteiger partial charge in [-0.2, -0.15) is 0 Å². The minimum Gasteiger partial charge on any atom is -0.486 e. The Bertz CT molecular complexity index is 950. The zero-order valence-electron chi connectivity index (χ0n) is 20.4. The van der Waals surface area contributed by atoms with Gasteiger partial charge in [0.05, 0.1) is 0 Å². The first-order valence-corrected chi connectivity index (χ1v) is 13.3. The molecule has 0 aromatic heterocycles. The molecule has 2 aromatic carbocycles. The summed E-state index contributed by atoms with van der Waals surface area (Å²) >= 11 is 0. The second kappa shape index (κ2) is 11.5. The molecule has 33 heavy (non-hydrogen) atoms. The maximum atomic E-state index is 15.5. The number of rotatable bonds is 9. The van der Waals surface area contributed by atoms with E-state index in [2.05, 4.69) is 6.92 Å². The largest absolute Gasteiger partial charge is 0.486 e. The molecule has 0 saturated heterocycles. The van der Waals surface area contributed by atoms with Crippen LogP contribution in [0.1, 0.15) is 96.0 Å². The van der Waals surface area contributed by atoms with Gasteiger partial charge < -0.3 is 4.74 Å². The molecule has 0 radical (unpaired) electrons. The second-order valence-corrected chi connectivity index (χ2v) is 10.4. The van der Waals surface area contributed by atoms with E-state index in [0.29, 0.717) is 17.4 Å². The maximum Gasteiger partial charge on any atom is 0.165 e. The van der Waals surface area contributed by atoms with E-state index in [0.717, 1.165) is 36.2 Å². The summed E-state index contributed by atoms with van der Waals surface area (Å²) < 4.78 is 35.6. The van der Waals surface area contributed by atoms with Gasteiger partial charge in [-0.15, -0.1) is 0 Å². The van der Waals surface area contributed by atoms with Gasteiger partial charge >= 0.3 is 0 Å². The van der Waals surface area contributed by atoms with Crippen molar-refractivity contribution < 1.29 is 13.5 Å². The number of hydrogen-bond donors (Lipinski definition) is 0. The van der Waals surface area contributed by atoms with Crippen molar-refractivity contribution in [3.05, 3.63) is 53.6 Å². The summed E-state index contributed by atoms with van der Waals surface area (Å²) in [5, 5.41) is 1.08. The van der Waals surface area contributed by atoms with Gasteiger partial charge in [-0.3, -0.25) is 0 Å². The Balaban J connectivity index is 1.42. The quantitative estimate of drug-likeness (QED) is 0.271. The van der Waals surface area contributed by atoms with Crippen LogP contribution in [-0.2, 0) is 0 Å². The Morgan fingerprint density at radius 1 is 0.970 bits per heavy atom. The maximum absolute atomic E-state index is 15.5. The molecule has 2 aliphatic carbocycles. The summed E-state index contributed by atoms with van der Waals surface area (Å²) in [4.78, 5) is 0. The normalized spacial score (nSPS) is 25.5. The van der Waals surface area contributed by atoms with E-state index >= 15 is 4.39 Å². The van der Waals surface area contributed by atoms with Crippen molar-refractivity contribution in [2.45, 2.75) is 90.4 Å². The average Bonchev–Trinajstić information content (AvgIpc) is 2.83. The molecular formula is C30H40F2O. The van der Waals surface area contributed by atoms with Crippen LogP contribution in [0.25, 0.3) is 10.8 Å². The Labute approximate surface area is 198 Å². The van der Waals surface area contributed by atoms with Crippen molar-refractivity contribution >= 4 is 10.8 Å². The number of halogens is 2. The summed E-state index contributed by atoms with van der Waals surface area (Å²) in [5.41, 5.74) is 0.782. The SMILES string of the molecule is C/C=C/COc1cc2ccc(C3CCC4CC(CCCCCC)CCC4C3)c(F)c2cc1F. The van der Waals surface area contributed by atoms with Crippen LogP contribution in [0.4, 0.5) is 8.78 Å². The second-order valence-electron chi connectivity index (χ2n) is 10.4. The fourth-order valence-electron chi connectivity index (χ4n) is 6.36. The lowest BCUT2D eigenvalue weighted by atomic mass is 9.63. The molecule has 0 heterocycles. The molecule has 0 aliphatic heterocycles. The molecule has 4 rings (SSSR count). The third-order valence-corrected chi connectivity index (χ3v) is 8.23. The zero-order chi connectivity index (χ0) is 23.2. The van der Waals surface area contributed by atoms with E-state index in [4.69, 9.17) is 4.74 Å². The lowest BCUT2D eigenvalue weighted by Gasteiger charge is -2.42. The third-order valence-electron chi connectivity index (χ3n) is 8.23. The summed E-state index contributed by atoms with van der Waals surface area (Å²) in [6.07, 6.45) is 17.9. The van der Waals surface area contributed by atoms with Gasteiger partial charge in [0.25, 0.3) is 0 Å². The van der Waals surface area contributed by atoms with Crippen molar-refractivity contribution in [2.24, 2.45) is 17.8 Å². The molecule has 180 valence electrons. The summed E-state index contributed by atoms with van der Waals surface area (Å²) in [6, 6.07) is 6.82. The predicted octanol–water partition coefficient (Wildman–Crippen LogP) is 9.34. The molecule has 2 saturated carbocycles. The molecule has 0 spiro atoms. The minimum atomic E-state index is -0.496. The van der Waals surface area contributed by atoms with Gasteiger partial charge in [0.2, 0.25) is 0 Å². The standard InChI is InChI=1S/C30H40F2O/c1-3-5-7-8-9-21-10-11-23-18-24(13-12-22(23)17-21)26-15-14-25-19-29(33-16-6-4-2)28(31)20-27(25)30(26)32/h4,6,14-15,19-24H,3,5,7-13,16-18H2,1-2H3/b6-4+. The number of allylic oxidation sites excluding steroid dienone is 1. The molecule has 0 bridgehead atoms. The monoisotopic (exact) mass is 454 g/mol. The first-order valence-electron chi connectivity index (χ1n) is 13.3. The van der Waals surface area contributed by atoms with Crippen molar-refractivity contribution in [3.8, 4) is 5.75 Å². The molecular weight excluding hydrogens is 414 g/mol. The first kappa shape index (κ1) is 24.2. The van der Waals surface area contributed by atoms with Crippen LogP contribution in [0.3, 0.4) is 0 Å². The van der Waals surface area contributed by atoms with Gasteiger partial charge in [0.1, 0.15) is 12.4 Å². The molecule has 4 unspecified atom stereocenters. The third kappa shape index (κ3) is 5.78. The fraction of sp³-hybridized carbons (Fsp3) is 0.600. The van der Waals surface area contributed by atoms with Crippen molar-refractivity contribution in [3.63, 3.8) is 0 Å². The van der Waals surface area contributed by atoms with Crippen LogP contribution in [0.5, 0.6) is 5.75 Å². The van der Waals surface area contributed by atoms with E-state index < -0.39 is 5.82 Å². The van der Waals surface area contributed by atoms with Crippen molar-refractivity contribution in [1.82, 2.24) is 0 Å². The van der Waals surface area contributed by atoms with Gasteiger partial charge in [-0.05, 0) is 85.8 Å². The van der Waals surface area contributed by atoms with Crippen LogP contribution in [-0.4, -0.2) is 6.61 Å². The zero-order valence-corrected chi connectivity index (χ0v) is 20.4. The van der Waals surface area contributed by atoms with E-state index in [9.17, 15) is 4.39 Å². The lowest BCUT2D eigenvalue weighted by Crippen LogP contribution is -2.30. The molecule has 0 amide bonds. The van der Waals surface area contributed by atoms with Gasteiger partial charge in [-0.25, -0.2) is 8.78 Å². The average molecular weight is 455 g/mol. The highest BCUT2D eigenvalue weighted by molar-refractivity contribution is 5.85. The predicted molar refractivity (Wildman–Crippen MR) is 134 cm³/mol. The van der Waals surface area contributed by atoms with Crippen molar-refractivity contribution in [1.29, 1.82) is 0 Å². The number of fused-ring (bicyclic) bond motifs is 2. The topological polar surface area (TPSA) is 9.23 Å². The van der Waals surface area contributed by atoms with Crippen molar-refractivity contribution in [2.75, 3.05) is 6.61 Å². The van der Waals surface area contributed by atoms with Crippen LogP contribution in [0, 0.1) is 29.4 Å². The van der Waals surface area contributed by atoms with E-state index in [1.54, 1.807) is 6.07 Å². The van der Waals surface area contributed by atoms with E-state index in [1.807, 2.05) is 31.2 Å². The summed E-state index contributed by atoms with van der Waals surface area (Å²) in [6.45, 7) is 4.48. The fourth-order valence-corrected chi connectivity index (χ4v) is 6.36. The van der Waals surface area contributed by atoms with Gasteiger partial charge in [-0.1, -0.05) is 69.7 Å². The lowest BCUT2D eigenvalue weighted by molar-refractivity contribution is 0.112. The molecule has 2 aromatic rings. The number of hydrogen-bond acceptors (Lipinski definition) is 1.